The zero-order valence-electron chi connectivity index (χ0n) is 8.45. The smallest absolute Gasteiger partial charge is 0.0400 e. The van der Waals surface area contributed by atoms with Gasteiger partial charge < -0.3 is 10.2 Å². The standard InChI is InChI=1S/C11H15N3/c1-9-4-10(2-3-13-9)14-7-11(8-14)5-12-6-11/h2-4,12H,5-8H2,1H3. The van der Waals surface area contributed by atoms with Crippen molar-refractivity contribution in [3.8, 4) is 0 Å². The van der Waals surface area contributed by atoms with Gasteiger partial charge in [-0.1, -0.05) is 0 Å². The number of hydrogen-bond acceptors (Lipinski definition) is 3. The number of rotatable bonds is 1. The maximum Gasteiger partial charge on any atom is 0.0400 e. The molecule has 1 aromatic rings. The van der Waals surface area contributed by atoms with Gasteiger partial charge >= 0.3 is 0 Å². The van der Waals surface area contributed by atoms with Gasteiger partial charge in [-0.2, -0.15) is 0 Å². The third-order valence-corrected chi connectivity index (χ3v) is 3.30. The minimum absolute atomic E-state index is 0.608. The Morgan fingerprint density at radius 3 is 2.79 bits per heavy atom. The molecule has 0 atom stereocenters. The fraction of sp³-hybridized carbons (Fsp3) is 0.545. The lowest BCUT2D eigenvalue weighted by molar-refractivity contribution is 0.121. The molecular weight excluding hydrogens is 174 g/mol. The Bertz CT molecular complexity index is 349. The Morgan fingerprint density at radius 1 is 1.43 bits per heavy atom. The van der Waals surface area contributed by atoms with Crippen molar-refractivity contribution in [1.82, 2.24) is 10.3 Å². The maximum absolute atomic E-state index is 4.21. The van der Waals surface area contributed by atoms with Gasteiger partial charge in [0, 0.05) is 49.2 Å². The molecule has 2 fully saturated rings. The molecule has 74 valence electrons. The van der Waals surface area contributed by atoms with Crippen LogP contribution < -0.4 is 10.2 Å². The van der Waals surface area contributed by atoms with Gasteiger partial charge in [-0.3, -0.25) is 4.98 Å². The van der Waals surface area contributed by atoms with Crippen LogP contribution in [0.2, 0.25) is 0 Å². The molecule has 2 aliphatic rings. The van der Waals surface area contributed by atoms with Crippen LogP contribution in [0.3, 0.4) is 0 Å². The molecule has 1 N–H and O–H groups in total. The van der Waals surface area contributed by atoms with Crippen LogP contribution in [0.15, 0.2) is 18.3 Å². The van der Waals surface area contributed by atoms with E-state index in [9.17, 15) is 0 Å². The summed E-state index contributed by atoms with van der Waals surface area (Å²) in [6.45, 7) is 6.87. The summed E-state index contributed by atoms with van der Waals surface area (Å²) in [5.41, 5.74) is 3.04. The Labute approximate surface area is 84.1 Å². The van der Waals surface area contributed by atoms with Crippen LogP contribution in [0.5, 0.6) is 0 Å². The van der Waals surface area contributed by atoms with Gasteiger partial charge in [0.1, 0.15) is 0 Å². The van der Waals surface area contributed by atoms with Crippen LogP contribution in [-0.2, 0) is 0 Å². The summed E-state index contributed by atoms with van der Waals surface area (Å²) in [6, 6.07) is 4.27. The van der Waals surface area contributed by atoms with Crippen LogP contribution in [0.1, 0.15) is 5.69 Å². The average molecular weight is 189 g/mol. The van der Waals surface area contributed by atoms with Gasteiger partial charge in [0.25, 0.3) is 0 Å². The molecule has 0 amide bonds. The largest absolute Gasteiger partial charge is 0.370 e. The molecule has 2 saturated heterocycles. The summed E-state index contributed by atoms with van der Waals surface area (Å²) in [4.78, 5) is 6.65. The molecule has 0 bridgehead atoms. The van der Waals surface area contributed by atoms with Crippen LogP contribution in [0.4, 0.5) is 5.69 Å². The van der Waals surface area contributed by atoms with Crippen LogP contribution in [0, 0.1) is 12.3 Å². The molecule has 0 saturated carbocycles. The highest BCUT2D eigenvalue weighted by molar-refractivity contribution is 5.50. The van der Waals surface area contributed by atoms with Gasteiger partial charge in [0.05, 0.1) is 0 Å². The quantitative estimate of drug-likeness (QED) is 0.708. The normalized spacial score (nSPS) is 23.1. The molecule has 3 heteroatoms. The predicted octanol–water partition coefficient (Wildman–Crippen LogP) is 0.800. The Balaban J connectivity index is 1.73. The molecule has 3 heterocycles. The average Bonchev–Trinajstić information content (AvgIpc) is 1.98. The molecule has 3 rings (SSSR count). The third kappa shape index (κ3) is 1.12. The highest BCUT2D eigenvalue weighted by Gasteiger charge is 2.47. The Hall–Kier alpha value is -1.09. The van der Waals surface area contributed by atoms with Crippen molar-refractivity contribution >= 4 is 5.69 Å². The van der Waals surface area contributed by atoms with E-state index in [2.05, 4.69) is 27.3 Å². The molecular formula is C11H15N3. The first-order valence-corrected chi connectivity index (χ1v) is 5.16. The van der Waals surface area contributed by atoms with E-state index in [0.717, 1.165) is 5.69 Å². The summed E-state index contributed by atoms with van der Waals surface area (Å²) >= 11 is 0. The van der Waals surface area contributed by atoms with Crippen molar-refractivity contribution in [2.45, 2.75) is 6.92 Å². The third-order valence-electron chi connectivity index (χ3n) is 3.30. The summed E-state index contributed by atoms with van der Waals surface area (Å²) in [5, 5.41) is 3.35. The molecule has 0 aromatic carbocycles. The minimum atomic E-state index is 0.608. The second-order valence-electron chi connectivity index (χ2n) is 4.62. The lowest BCUT2D eigenvalue weighted by Gasteiger charge is -2.57. The van der Waals surface area contributed by atoms with Gasteiger partial charge in [-0.05, 0) is 19.1 Å². The molecule has 0 aliphatic carbocycles. The van der Waals surface area contributed by atoms with E-state index < -0.39 is 0 Å². The second-order valence-corrected chi connectivity index (χ2v) is 4.62. The molecule has 1 aromatic heterocycles. The van der Waals surface area contributed by atoms with Crippen molar-refractivity contribution in [1.29, 1.82) is 0 Å². The number of aryl methyl sites for hydroxylation is 1. The predicted molar refractivity (Wildman–Crippen MR) is 56.5 cm³/mol. The van der Waals surface area contributed by atoms with E-state index >= 15 is 0 Å². The molecule has 1 spiro atoms. The summed E-state index contributed by atoms with van der Waals surface area (Å²) in [7, 11) is 0. The number of nitrogens with zero attached hydrogens (tertiary/aromatic N) is 2. The number of nitrogens with one attached hydrogen (secondary N) is 1. The lowest BCUT2D eigenvalue weighted by Crippen LogP contribution is -2.71. The molecule has 0 radical (unpaired) electrons. The SMILES string of the molecule is Cc1cc(N2CC3(CNC3)C2)ccn1. The van der Waals surface area contributed by atoms with Crippen LogP contribution in [0.25, 0.3) is 0 Å². The summed E-state index contributed by atoms with van der Waals surface area (Å²) in [6.07, 6.45) is 1.90. The zero-order chi connectivity index (χ0) is 9.60. The van der Waals surface area contributed by atoms with Crippen molar-refractivity contribution in [3.63, 3.8) is 0 Å². The first kappa shape index (κ1) is 8.24. The van der Waals surface area contributed by atoms with Crippen molar-refractivity contribution in [2.24, 2.45) is 5.41 Å². The first-order valence-electron chi connectivity index (χ1n) is 5.16. The second kappa shape index (κ2) is 2.70. The first-order chi connectivity index (χ1) is 6.77. The maximum atomic E-state index is 4.21. The minimum Gasteiger partial charge on any atom is -0.370 e. The molecule has 0 unspecified atom stereocenters. The lowest BCUT2D eigenvalue weighted by atomic mass is 9.74. The van der Waals surface area contributed by atoms with Crippen molar-refractivity contribution < 1.29 is 0 Å². The molecule has 2 aliphatic heterocycles. The Morgan fingerprint density at radius 2 is 2.21 bits per heavy atom. The van der Waals surface area contributed by atoms with E-state index in [1.165, 1.54) is 31.9 Å². The van der Waals surface area contributed by atoms with Crippen molar-refractivity contribution in [3.05, 3.63) is 24.0 Å². The van der Waals surface area contributed by atoms with Gasteiger partial charge in [0.2, 0.25) is 0 Å². The summed E-state index contributed by atoms with van der Waals surface area (Å²) < 4.78 is 0. The van der Waals surface area contributed by atoms with Crippen LogP contribution in [-0.4, -0.2) is 31.2 Å². The number of hydrogen-bond donors (Lipinski definition) is 1. The highest BCUT2D eigenvalue weighted by atomic mass is 15.3. The van der Waals surface area contributed by atoms with E-state index in [-0.39, 0.29) is 0 Å². The number of aromatic nitrogens is 1. The van der Waals surface area contributed by atoms with E-state index in [1.807, 2.05) is 13.1 Å². The number of anilines is 1. The Kier molecular flexibility index (Phi) is 1.59. The van der Waals surface area contributed by atoms with Gasteiger partial charge in [-0.15, -0.1) is 0 Å². The molecule has 3 nitrogen and oxygen atoms in total. The van der Waals surface area contributed by atoms with E-state index in [1.54, 1.807) is 0 Å². The summed E-state index contributed by atoms with van der Waals surface area (Å²) in [5.74, 6) is 0. The fourth-order valence-electron chi connectivity index (χ4n) is 2.38. The van der Waals surface area contributed by atoms with Crippen LogP contribution >= 0.6 is 0 Å². The number of pyridine rings is 1. The highest BCUT2D eigenvalue weighted by Crippen LogP contribution is 2.37. The van der Waals surface area contributed by atoms with E-state index in [0.29, 0.717) is 5.41 Å². The van der Waals surface area contributed by atoms with E-state index in [4.69, 9.17) is 0 Å². The topological polar surface area (TPSA) is 28.2 Å². The van der Waals surface area contributed by atoms with Gasteiger partial charge in [-0.25, -0.2) is 0 Å². The van der Waals surface area contributed by atoms with Gasteiger partial charge in [0.15, 0.2) is 0 Å². The molecule has 14 heavy (non-hydrogen) atoms. The van der Waals surface area contributed by atoms with Crippen molar-refractivity contribution in [2.75, 3.05) is 31.1 Å². The monoisotopic (exact) mass is 189 g/mol. The zero-order valence-corrected chi connectivity index (χ0v) is 8.45. The fourth-order valence-corrected chi connectivity index (χ4v) is 2.38.